The molecule has 8 heteroatoms. The Hall–Kier alpha value is -2.90. The second-order valence-electron chi connectivity index (χ2n) is 7.54. The standard InChI is InChI=1S/C21H21F3N4O/c1-14-11-12-25-17(13-14)26-20(21(22,23)24)19(29)28(16-9-5-6-10-16)18(27-20)15-7-3-2-4-8-15/h2-4,7-8,11-13,16H,5-6,9-10H2,1H3,(H,25,26)/p+1/t20-/m0/s1. The van der Waals surface area contributed by atoms with Crippen molar-refractivity contribution in [2.24, 2.45) is 0 Å². The largest absolute Gasteiger partial charge is 0.465 e. The van der Waals surface area contributed by atoms with Gasteiger partial charge >= 0.3 is 17.7 Å². The second kappa shape index (κ2) is 7.17. The molecule has 0 spiro atoms. The zero-order valence-electron chi connectivity index (χ0n) is 16.0. The molecule has 2 heterocycles. The molecule has 1 amide bonds. The molecule has 1 aliphatic carbocycles. The first kappa shape index (κ1) is 19.4. The molecule has 4 rings (SSSR count). The van der Waals surface area contributed by atoms with Gasteiger partial charge in [0.05, 0.1) is 5.56 Å². The highest BCUT2D eigenvalue weighted by atomic mass is 19.4. The lowest BCUT2D eigenvalue weighted by Gasteiger charge is -2.26. The maximum Gasteiger partial charge on any atom is 0.465 e. The van der Waals surface area contributed by atoms with Crippen LogP contribution in [-0.2, 0) is 4.79 Å². The van der Waals surface area contributed by atoms with E-state index in [0.29, 0.717) is 18.4 Å². The first-order valence-corrected chi connectivity index (χ1v) is 9.63. The van der Waals surface area contributed by atoms with E-state index < -0.39 is 17.7 Å². The Bertz CT molecular complexity index is 938. The van der Waals surface area contributed by atoms with Gasteiger partial charge in [0.1, 0.15) is 11.9 Å². The van der Waals surface area contributed by atoms with E-state index in [1.807, 2.05) is 0 Å². The van der Waals surface area contributed by atoms with Crippen LogP contribution in [0.25, 0.3) is 0 Å². The highest BCUT2D eigenvalue weighted by Gasteiger charge is 2.72. The summed E-state index contributed by atoms with van der Waals surface area (Å²) in [6.45, 7) is 1.75. The molecule has 1 aromatic heterocycles. The van der Waals surface area contributed by atoms with Crippen molar-refractivity contribution in [3.8, 4) is 0 Å². The van der Waals surface area contributed by atoms with Crippen LogP contribution in [0.1, 0.15) is 36.8 Å². The average molecular weight is 403 g/mol. The molecule has 5 nitrogen and oxygen atoms in total. The predicted molar refractivity (Wildman–Crippen MR) is 102 cm³/mol. The van der Waals surface area contributed by atoms with E-state index in [4.69, 9.17) is 0 Å². The smallest absolute Gasteiger partial charge is 0.312 e. The summed E-state index contributed by atoms with van der Waals surface area (Å²) >= 11 is 0. The summed E-state index contributed by atoms with van der Waals surface area (Å²) in [6, 6.07) is 11.6. The Morgan fingerprint density at radius 2 is 1.86 bits per heavy atom. The van der Waals surface area contributed by atoms with Gasteiger partial charge in [0.15, 0.2) is 0 Å². The van der Waals surface area contributed by atoms with Gasteiger partial charge in [0.25, 0.3) is 5.84 Å². The molecule has 0 radical (unpaired) electrons. The van der Waals surface area contributed by atoms with E-state index in [0.717, 1.165) is 18.4 Å². The number of benzene rings is 1. The van der Waals surface area contributed by atoms with E-state index in [2.05, 4.69) is 15.3 Å². The number of carbonyl (C=O) groups excluding carboxylic acids is 1. The third-order valence-corrected chi connectivity index (χ3v) is 5.48. The van der Waals surface area contributed by atoms with Crippen LogP contribution in [0.5, 0.6) is 0 Å². The first-order valence-electron chi connectivity index (χ1n) is 9.63. The molecule has 1 aliphatic heterocycles. The van der Waals surface area contributed by atoms with Gasteiger partial charge in [0, 0.05) is 6.20 Å². The fourth-order valence-corrected chi connectivity index (χ4v) is 4.04. The van der Waals surface area contributed by atoms with Crippen molar-refractivity contribution in [1.82, 2.24) is 9.88 Å². The lowest BCUT2D eigenvalue weighted by molar-refractivity contribution is -0.566. The molecule has 2 N–H and O–H groups in total. The minimum atomic E-state index is -4.89. The quantitative estimate of drug-likeness (QED) is 0.824. The van der Waals surface area contributed by atoms with Crippen LogP contribution < -0.4 is 10.3 Å². The van der Waals surface area contributed by atoms with Crippen LogP contribution >= 0.6 is 0 Å². The highest BCUT2D eigenvalue weighted by Crippen LogP contribution is 2.35. The maximum atomic E-state index is 14.4. The lowest BCUT2D eigenvalue weighted by atomic mass is 10.1. The molecule has 1 fully saturated rings. The number of carbonyl (C=O) groups is 1. The molecule has 0 saturated heterocycles. The molecule has 2 aromatic rings. The number of hydrogen-bond acceptors (Lipinski definition) is 3. The maximum absolute atomic E-state index is 14.4. The number of amidine groups is 1. The molecule has 0 bridgehead atoms. The predicted octanol–water partition coefficient (Wildman–Crippen LogP) is 2.37. The molecule has 29 heavy (non-hydrogen) atoms. The van der Waals surface area contributed by atoms with Gasteiger partial charge in [0.2, 0.25) is 0 Å². The van der Waals surface area contributed by atoms with Crippen molar-refractivity contribution < 1.29 is 23.0 Å². The van der Waals surface area contributed by atoms with Crippen molar-refractivity contribution in [3.05, 3.63) is 59.8 Å². The molecule has 1 saturated carbocycles. The summed E-state index contributed by atoms with van der Waals surface area (Å²) < 4.78 is 43.2. The summed E-state index contributed by atoms with van der Waals surface area (Å²) in [7, 11) is 0. The van der Waals surface area contributed by atoms with Crippen molar-refractivity contribution in [1.29, 1.82) is 0 Å². The van der Waals surface area contributed by atoms with Crippen molar-refractivity contribution in [3.63, 3.8) is 0 Å². The molecule has 2 aliphatic rings. The van der Waals surface area contributed by atoms with Crippen molar-refractivity contribution in [2.45, 2.75) is 50.5 Å². The van der Waals surface area contributed by atoms with E-state index in [-0.39, 0.29) is 17.7 Å². The number of aryl methyl sites for hydroxylation is 1. The fourth-order valence-electron chi connectivity index (χ4n) is 4.04. The number of pyridine rings is 1. The Labute approximate surface area is 166 Å². The van der Waals surface area contributed by atoms with E-state index in [9.17, 15) is 18.0 Å². The third kappa shape index (κ3) is 3.36. The Morgan fingerprint density at radius 1 is 1.17 bits per heavy atom. The molecular formula is C21H22F3N4O+. The number of hydrogen-bond donors (Lipinski definition) is 2. The highest BCUT2D eigenvalue weighted by molar-refractivity contribution is 6.11. The number of nitrogens with one attached hydrogen (secondary N) is 2. The number of anilines is 1. The molecule has 152 valence electrons. The summed E-state index contributed by atoms with van der Waals surface area (Å²) in [5.74, 6) is -0.872. The summed E-state index contributed by atoms with van der Waals surface area (Å²) in [5, 5.41) is 2.38. The first-order chi connectivity index (χ1) is 13.8. The minimum Gasteiger partial charge on any atom is -0.312 e. The van der Waals surface area contributed by atoms with Gasteiger partial charge in [-0.15, -0.1) is 0 Å². The van der Waals surface area contributed by atoms with E-state index in [1.165, 1.54) is 17.2 Å². The van der Waals surface area contributed by atoms with E-state index >= 15 is 0 Å². The molecule has 1 aromatic carbocycles. The molecule has 1 atom stereocenters. The normalized spacial score (nSPS) is 22.8. The van der Waals surface area contributed by atoms with Gasteiger partial charge in [-0.3, -0.25) is 0 Å². The van der Waals surface area contributed by atoms with Gasteiger partial charge in [-0.2, -0.15) is 18.1 Å². The van der Waals surface area contributed by atoms with Crippen molar-refractivity contribution in [2.75, 3.05) is 5.32 Å². The van der Waals surface area contributed by atoms with Gasteiger partial charge in [-0.1, -0.05) is 18.2 Å². The summed E-state index contributed by atoms with van der Waals surface area (Å²) in [5.41, 5.74) is -1.69. The number of alkyl halides is 3. The number of amides is 1. The van der Waals surface area contributed by atoms with Crippen LogP contribution in [0, 0.1) is 6.92 Å². The van der Waals surface area contributed by atoms with Gasteiger partial charge < -0.3 is 5.32 Å². The lowest BCUT2D eigenvalue weighted by Crippen LogP contribution is -2.94. The second-order valence-corrected chi connectivity index (χ2v) is 7.54. The number of aromatic nitrogens is 1. The third-order valence-electron chi connectivity index (χ3n) is 5.48. The Balaban J connectivity index is 1.85. The SMILES string of the molecule is Cc1ccnc(N[C@]2(C(F)(F)F)[NH+]=C(c3ccccc3)N(C3CCCC3)C2=O)c1. The average Bonchev–Trinajstić information content (AvgIpc) is 3.29. The number of halogens is 3. The fraction of sp³-hybridized carbons (Fsp3) is 0.381. The number of nitrogens with zero attached hydrogens (tertiary/aromatic N) is 2. The minimum absolute atomic E-state index is 0.0103. The van der Waals surface area contributed by atoms with E-state index in [1.54, 1.807) is 43.3 Å². The Morgan fingerprint density at radius 3 is 2.48 bits per heavy atom. The molecular weight excluding hydrogens is 381 g/mol. The summed E-state index contributed by atoms with van der Waals surface area (Å²) in [4.78, 5) is 21.2. The zero-order valence-corrected chi connectivity index (χ0v) is 16.0. The van der Waals surface area contributed by atoms with Crippen LogP contribution in [0.4, 0.5) is 19.0 Å². The van der Waals surface area contributed by atoms with Crippen LogP contribution in [0.2, 0.25) is 0 Å². The monoisotopic (exact) mass is 403 g/mol. The van der Waals surface area contributed by atoms with Crippen LogP contribution in [0.3, 0.4) is 0 Å². The van der Waals surface area contributed by atoms with Gasteiger partial charge in [-0.25, -0.2) is 14.8 Å². The number of rotatable bonds is 4. The summed E-state index contributed by atoms with van der Waals surface area (Å²) in [6.07, 6.45) is -0.327. The van der Waals surface area contributed by atoms with Crippen LogP contribution in [-0.4, -0.2) is 39.5 Å². The van der Waals surface area contributed by atoms with Gasteiger partial charge in [-0.05, 0) is 62.4 Å². The topological polar surface area (TPSA) is 59.2 Å². The molecule has 0 unspecified atom stereocenters. The van der Waals surface area contributed by atoms with Crippen molar-refractivity contribution >= 4 is 17.6 Å². The van der Waals surface area contributed by atoms with Crippen LogP contribution in [0.15, 0.2) is 48.7 Å². The zero-order chi connectivity index (χ0) is 20.6. The Kier molecular flexibility index (Phi) is 4.80.